The third-order valence-corrected chi connectivity index (χ3v) is 5.02. The Hall–Kier alpha value is -2.60. The van der Waals surface area contributed by atoms with E-state index in [1.54, 1.807) is 17.0 Å². The molecular weight excluding hydrogens is 375 g/mol. The van der Waals surface area contributed by atoms with E-state index in [-0.39, 0.29) is 11.7 Å². The van der Waals surface area contributed by atoms with Crippen LogP contribution < -0.4 is 4.74 Å². The molecule has 1 amide bonds. The van der Waals surface area contributed by atoms with E-state index in [4.69, 9.17) is 4.74 Å². The maximum absolute atomic E-state index is 13.1. The van der Waals surface area contributed by atoms with E-state index in [2.05, 4.69) is 18.8 Å². The van der Waals surface area contributed by atoms with E-state index in [0.29, 0.717) is 34.8 Å². The molecule has 0 aromatic heterocycles. The monoisotopic (exact) mass is 398 g/mol. The summed E-state index contributed by atoms with van der Waals surface area (Å²) in [5, 5.41) is 0.599. The number of likely N-dealkylation sites (N-methyl/N-ethyl adjacent to an activating group) is 1. The zero-order valence-corrected chi connectivity index (χ0v) is 17.0. The van der Waals surface area contributed by atoms with Crippen LogP contribution in [0.3, 0.4) is 0 Å². The molecular formula is C22H23FN2O2S. The van der Waals surface area contributed by atoms with Crippen LogP contribution in [0.5, 0.6) is 5.75 Å². The highest BCUT2D eigenvalue weighted by molar-refractivity contribution is 8.18. The number of nitrogens with zero attached hydrogens (tertiary/aromatic N) is 2. The summed E-state index contributed by atoms with van der Waals surface area (Å²) in [4.78, 5) is 19.5. The molecule has 0 atom stereocenters. The van der Waals surface area contributed by atoms with E-state index >= 15 is 0 Å². The number of carbonyl (C=O) groups excluding carboxylic acids is 1. The number of carbonyl (C=O) groups is 1. The Morgan fingerprint density at radius 2 is 1.82 bits per heavy atom. The fourth-order valence-electron chi connectivity index (χ4n) is 2.57. The van der Waals surface area contributed by atoms with Gasteiger partial charge < -0.3 is 4.74 Å². The topological polar surface area (TPSA) is 41.9 Å². The summed E-state index contributed by atoms with van der Waals surface area (Å²) in [6.45, 7) is 7.30. The number of hydrogen-bond acceptors (Lipinski definition) is 4. The van der Waals surface area contributed by atoms with Crippen molar-refractivity contribution < 1.29 is 13.9 Å². The van der Waals surface area contributed by atoms with Gasteiger partial charge in [-0.25, -0.2) is 9.38 Å². The first-order valence-corrected chi connectivity index (χ1v) is 10.1. The molecule has 0 aliphatic carbocycles. The molecule has 0 bridgehead atoms. The maximum Gasteiger partial charge on any atom is 0.266 e. The average Bonchev–Trinajstić information content (AvgIpc) is 2.97. The van der Waals surface area contributed by atoms with Crippen molar-refractivity contribution in [3.63, 3.8) is 0 Å². The second kappa shape index (κ2) is 9.06. The Morgan fingerprint density at radius 3 is 2.43 bits per heavy atom. The van der Waals surface area contributed by atoms with Crippen LogP contribution in [0.4, 0.5) is 10.1 Å². The van der Waals surface area contributed by atoms with Gasteiger partial charge in [-0.15, -0.1) is 0 Å². The van der Waals surface area contributed by atoms with Crippen LogP contribution in [0.25, 0.3) is 6.08 Å². The first-order chi connectivity index (χ1) is 13.5. The molecule has 0 spiro atoms. The summed E-state index contributed by atoms with van der Waals surface area (Å²) in [6, 6.07) is 13.6. The van der Waals surface area contributed by atoms with E-state index in [1.807, 2.05) is 37.3 Å². The minimum atomic E-state index is -0.312. The summed E-state index contributed by atoms with van der Waals surface area (Å²) < 4.78 is 18.8. The van der Waals surface area contributed by atoms with Crippen molar-refractivity contribution in [2.45, 2.75) is 20.8 Å². The number of hydrogen-bond donors (Lipinski definition) is 0. The lowest BCUT2D eigenvalue weighted by Gasteiger charge is -2.11. The predicted molar refractivity (Wildman–Crippen MR) is 113 cm³/mol. The molecule has 1 saturated heterocycles. The Morgan fingerprint density at radius 1 is 1.14 bits per heavy atom. The highest BCUT2D eigenvalue weighted by Gasteiger charge is 2.32. The molecule has 1 aliphatic heterocycles. The molecule has 0 saturated carbocycles. The summed E-state index contributed by atoms with van der Waals surface area (Å²) >= 11 is 1.33. The number of thioether (sulfide) groups is 1. The third kappa shape index (κ3) is 5.01. The first-order valence-electron chi connectivity index (χ1n) is 9.24. The number of amides is 1. The largest absolute Gasteiger partial charge is 0.493 e. The van der Waals surface area contributed by atoms with Crippen LogP contribution in [-0.4, -0.2) is 29.1 Å². The van der Waals surface area contributed by atoms with Crippen molar-refractivity contribution in [3.05, 3.63) is 64.8 Å². The standard InChI is InChI=1S/C22H23FN2O2S/c1-4-25-21(26)20(28-22(25)24-18-9-7-17(23)8-10-18)13-16-5-11-19(12-6-16)27-14-15(2)3/h5-13,15H,4,14H2,1-3H3/b20-13+,24-22?. The third-order valence-electron chi connectivity index (χ3n) is 4.02. The Bertz CT molecular complexity index is 890. The van der Waals surface area contributed by atoms with Crippen molar-refractivity contribution in [2.24, 2.45) is 10.9 Å². The molecule has 0 unspecified atom stereocenters. The van der Waals surface area contributed by atoms with Gasteiger partial charge in [0.2, 0.25) is 0 Å². The summed E-state index contributed by atoms with van der Waals surface area (Å²) in [6.07, 6.45) is 1.86. The minimum absolute atomic E-state index is 0.0755. The number of amidine groups is 1. The molecule has 1 heterocycles. The van der Waals surface area contributed by atoms with E-state index in [0.717, 1.165) is 11.3 Å². The van der Waals surface area contributed by atoms with Gasteiger partial charge in [-0.1, -0.05) is 26.0 Å². The number of benzene rings is 2. The van der Waals surface area contributed by atoms with Gasteiger partial charge in [0.15, 0.2) is 5.17 Å². The van der Waals surface area contributed by atoms with Gasteiger partial charge in [0, 0.05) is 6.54 Å². The molecule has 2 aromatic carbocycles. The second-order valence-electron chi connectivity index (χ2n) is 6.80. The Kier molecular flexibility index (Phi) is 6.52. The zero-order chi connectivity index (χ0) is 20.1. The highest BCUT2D eigenvalue weighted by Crippen LogP contribution is 2.34. The molecule has 146 valence electrons. The summed E-state index contributed by atoms with van der Waals surface area (Å²) in [5.74, 6) is 0.893. The number of aliphatic imine (C=N–C) groups is 1. The first kappa shape index (κ1) is 20.1. The molecule has 0 N–H and O–H groups in total. The minimum Gasteiger partial charge on any atom is -0.493 e. The fourth-order valence-corrected chi connectivity index (χ4v) is 3.63. The van der Waals surface area contributed by atoms with Gasteiger partial charge in [-0.05, 0) is 72.6 Å². The highest BCUT2D eigenvalue weighted by atomic mass is 32.2. The maximum atomic E-state index is 13.1. The van der Waals surface area contributed by atoms with Crippen molar-refractivity contribution in [1.82, 2.24) is 4.90 Å². The van der Waals surface area contributed by atoms with Crippen molar-refractivity contribution >= 4 is 34.6 Å². The Balaban J connectivity index is 1.78. The number of halogens is 1. The summed E-state index contributed by atoms with van der Waals surface area (Å²) in [7, 11) is 0. The van der Waals surface area contributed by atoms with Gasteiger partial charge in [0.1, 0.15) is 11.6 Å². The molecule has 3 rings (SSSR count). The average molecular weight is 399 g/mol. The van der Waals surface area contributed by atoms with Crippen molar-refractivity contribution in [2.75, 3.05) is 13.2 Å². The van der Waals surface area contributed by atoms with Crippen LogP contribution in [0.2, 0.25) is 0 Å². The van der Waals surface area contributed by atoms with Gasteiger partial charge in [0.05, 0.1) is 17.2 Å². The smallest absolute Gasteiger partial charge is 0.266 e. The molecule has 28 heavy (non-hydrogen) atoms. The Labute approximate surface area is 169 Å². The van der Waals surface area contributed by atoms with Crippen molar-refractivity contribution in [1.29, 1.82) is 0 Å². The van der Waals surface area contributed by atoms with Gasteiger partial charge in [0.25, 0.3) is 5.91 Å². The van der Waals surface area contributed by atoms with E-state index < -0.39 is 0 Å². The predicted octanol–water partition coefficient (Wildman–Crippen LogP) is 5.48. The zero-order valence-electron chi connectivity index (χ0n) is 16.2. The van der Waals surface area contributed by atoms with Crippen LogP contribution in [0, 0.1) is 11.7 Å². The molecule has 4 nitrogen and oxygen atoms in total. The molecule has 2 aromatic rings. The quantitative estimate of drug-likeness (QED) is 0.605. The van der Waals surface area contributed by atoms with E-state index in [9.17, 15) is 9.18 Å². The van der Waals surface area contributed by atoms with Crippen LogP contribution in [0.1, 0.15) is 26.3 Å². The molecule has 6 heteroatoms. The molecule has 1 aliphatic rings. The van der Waals surface area contributed by atoms with Gasteiger partial charge >= 0.3 is 0 Å². The molecule has 0 radical (unpaired) electrons. The summed E-state index contributed by atoms with van der Waals surface area (Å²) in [5.41, 5.74) is 1.54. The SMILES string of the molecule is CCN1C(=O)/C(=C\c2ccc(OCC(C)C)cc2)SC1=Nc1ccc(F)cc1. The molecule has 1 fully saturated rings. The number of rotatable bonds is 6. The van der Waals surface area contributed by atoms with Crippen molar-refractivity contribution in [3.8, 4) is 5.75 Å². The fraction of sp³-hybridized carbons (Fsp3) is 0.273. The normalized spacial score (nSPS) is 17.2. The van der Waals surface area contributed by atoms with Crippen LogP contribution >= 0.6 is 11.8 Å². The van der Waals surface area contributed by atoms with Crippen LogP contribution in [0.15, 0.2) is 58.4 Å². The lowest BCUT2D eigenvalue weighted by Crippen LogP contribution is -2.28. The van der Waals surface area contributed by atoms with E-state index in [1.165, 1.54) is 23.9 Å². The lowest BCUT2D eigenvalue weighted by atomic mass is 10.2. The second-order valence-corrected chi connectivity index (χ2v) is 7.81. The lowest BCUT2D eigenvalue weighted by molar-refractivity contribution is -0.122. The van der Waals surface area contributed by atoms with Gasteiger partial charge in [-0.3, -0.25) is 9.69 Å². The van der Waals surface area contributed by atoms with Gasteiger partial charge in [-0.2, -0.15) is 0 Å². The number of ether oxygens (including phenoxy) is 1. The van der Waals surface area contributed by atoms with Crippen LogP contribution in [-0.2, 0) is 4.79 Å².